The van der Waals surface area contributed by atoms with Crippen LogP contribution in [0, 0.1) is 23.2 Å². The molecule has 30 heavy (non-hydrogen) atoms. The fraction of sp³-hybridized carbons (Fsp3) is 0.318. The van der Waals surface area contributed by atoms with E-state index >= 15 is 0 Å². The summed E-state index contributed by atoms with van der Waals surface area (Å²) in [6.07, 6.45) is 6.62. The molecule has 0 bridgehead atoms. The van der Waals surface area contributed by atoms with E-state index in [9.17, 15) is 14.9 Å². The van der Waals surface area contributed by atoms with E-state index in [1.165, 1.54) is 4.68 Å². The van der Waals surface area contributed by atoms with Gasteiger partial charge in [-0.25, -0.2) is 4.68 Å². The third kappa shape index (κ3) is 3.50. The van der Waals surface area contributed by atoms with E-state index in [4.69, 9.17) is 5.73 Å². The van der Waals surface area contributed by atoms with Crippen molar-refractivity contribution in [1.82, 2.24) is 19.6 Å². The lowest BCUT2D eigenvalue weighted by atomic mass is 9.75. The summed E-state index contributed by atoms with van der Waals surface area (Å²) in [6, 6.07) is 11.2. The highest BCUT2D eigenvalue weighted by molar-refractivity contribution is 6.00. The third-order valence-corrected chi connectivity index (χ3v) is 5.79. The summed E-state index contributed by atoms with van der Waals surface area (Å²) < 4.78 is 3.11. The van der Waals surface area contributed by atoms with Crippen molar-refractivity contribution >= 4 is 11.7 Å². The van der Waals surface area contributed by atoms with Crippen LogP contribution in [-0.4, -0.2) is 31.3 Å². The molecule has 1 aromatic carbocycles. The van der Waals surface area contributed by atoms with E-state index in [0.717, 1.165) is 24.1 Å². The molecule has 8 heteroatoms. The molecule has 3 aromatic rings. The number of Topliss-reactive ketones (excluding diaryl/α,β-unsaturated/α-hetero) is 1. The number of hydrogen-bond acceptors (Lipinski definition) is 5. The van der Waals surface area contributed by atoms with Crippen LogP contribution in [-0.2, 0) is 11.8 Å². The Labute approximate surface area is 173 Å². The van der Waals surface area contributed by atoms with Gasteiger partial charge in [0.15, 0.2) is 11.5 Å². The van der Waals surface area contributed by atoms with Crippen molar-refractivity contribution in [2.75, 3.05) is 0 Å². The maximum atomic E-state index is 13.0. The fourth-order valence-corrected chi connectivity index (χ4v) is 4.14. The molecule has 8 nitrogen and oxygen atoms in total. The molecule has 1 fully saturated rings. The Hall–Kier alpha value is -3.73. The van der Waals surface area contributed by atoms with E-state index < -0.39 is 0 Å². The standard InChI is InChI=1S/C22H22N6O2/c1-27-19(12-23)20(13-25-27)28-11-10-18(26-28)14-6-8-15(9-7-14)21(29)16-4-2-3-5-17(16)22(24)30/h6-11,13,16-17H,2-5H2,1H3,(H2,24,30). The van der Waals surface area contributed by atoms with Crippen LogP contribution in [0.3, 0.4) is 0 Å². The number of aromatic nitrogens is 4. The van der Waals surface area contributed by atoms with Gasteiger partial charge >= 0.3 is 0 Å². The molecule has 0 aliphatic heterocycles. The summed E-state index contributed by atoms with van der Waals surface area (Å²) in [6.45, 7) is 0. The maximum absolute atomic E-state index is 13.0. The lowest BCUT2D eigenvalue weighted by molar-refractivity contribution is -0.123. The largest absolute Gasteiger partial charge is 0.369 e. The molecule has 1 amide bonds. The minimum Gasteiger partial charge on any atom is -0.369 e. The number of amides is 1. The van der Waals surface area contributed by atoms with Gasteiger partial charge in [-0.1, -0.05) is 37.1 Å². The lowest BCUT2D eigenvalue weighted by Gasteiger charge is -2.28. The Balaban J connectivity index is 1.56. The molecular formula is C22H22N6O2. The van der Waals surface area contributed by atoms with Gasteiger partial charge in [0, 0.05) is 36.2 Å². The van der Waals surface area contributed by atoms with Crippen LogP contribution in [0.2, 0.25) is 0 Å². The van der Waals surface area contributed by atoms with Gasteiger partial charge in [0.2, 0.25) is 5.91 Å². The zero-order valence-electron chi connectivity index (χ0n) is 16.7. The van der Waals surface area contributed by atoms with E-state index in [-0.39, 0.29) is 23.5 Å². The number of nitriles is 1. The Bertz CT molecular complexity index is 1140. The average molecular weight is 402 g/mol. The van der Waals surface area contributed by atoms with Crippen LogP contribution >= 0.6 is 0 Å². The SMILES string of the molecule is Cn1ncc(-n2ccc(-c3ccc(C(=O)C4CCCCC4C(N)=O)cc3)n2)c1C#N. The summed E-state index contributed by atoms with van der Waals surface area (Å²) in [4.78, 5) is 24.7. The molecule has 0 saturated heterocycles. The highest BCUT2D eigenvalue weighted by Gasteiger charge is 2.34. The molecule has 0 radical (unpaired) electrons. The summed E-state index contributed by atoms with van der Waals surface area (Å²) in [7, 11) is 1.71. The van der Waals surface area contributed by atoms with Crippen LogP contribution in [0.1, 0.15) is 41.7 Å². The minimum atomic E-state index is -0.387. The second-order valence-corrected chi connectivity index (χ2v) is 7.60. The molecule has 1 saturated carbocycles. The van der Waals surface area contributed by atoms with Crippen molar-refractivity contribution in [3.05, 3.63) is 54.0 Å². The Kier molecular flexibility index (Phi) is 5.19. The number of rotatable bonds is 5. The molecule has 2 unspecified atom stereocenters. The first kappa shape index (κ1) is 19.6. The molecule has 1 aliphatic carbocycles. The summed E-state index contributed by atoms with van der Waals surface area (Å²) >= 11 is 0. The van der Waals surface area contributed by atoms with Gasteiger partial charge in [-0.05, 0) is 18.9 Å². The summed E-state index contributed by atoms with van der Waals surface area (Å²) in [5, 5.41) is 17.9. The van der Waals surface area contributed by atoms with Crippen LogP contribution in [0.25, 0.3) is 16.9 Å². The number of nitrogens with two attached hydrogens (primary N) is 1. The number of ketones is 1. The van der Waals surface area contributed by atoms with Gasteiger partial charge in [-0.2, -0.15) is 15.5 Å². The molecule has 2 heterocycles. The first-order valence-corrected chi connectivity index (χ1v) is 9.91. The molecule has 2 aromatic heterocycles. The third-order valence-electron chi connectivity index (χ3n) is 5.79. The van der Waals surface area contributed by atoms with Crippen LogP contribution in [0.15, 0.2) is 42.7 Å². The molecule has 152 valence electrons. The van der Waals surface area contributed by atoms with Crippen LogP contribution < -0.4 is 5.73 Å². The monoisotopic (exact) mass is 402 g/mol. The van der Waals surface area contributed by atoms with Gasteiger partial charge in [-0.3, -0.25) is 14.3 Å². The highest BCUT2D eigenvalue weighted by atomic mass is 16.1. The number of carbonyl (C=O) groups is 2. The van der Waals surface area contributed by atoms with E-state index in [1.807, 2.05) is 18.2 Å². The average Bonchev–Trinajstić information content (AvgIpc) is 3.39. The molecule has 2 N–H and O–H groups in total. The molecule has 1 aliphatic rings. The van der Waals surface area contributed by atoms with Gasteiger partial charge in [0.1, 0.15) is 11.8 Å². The first-order valence-electron chi connectivity index (χ1n) is 9.91. The van der Waals surface area contributed by atoms with Crippen molar-refractivity contribution < 1.29 is 9.59 Å². The second kappa shape index (κ2) is 7.95. The number of aryl methyl sites for hydroxylation is 1. The number of benzene rings is 1. The number of primary amides is 1. The lowest BCUT2D eigenvalue weighted by Crippen LogP contribution is -2.36. The van der Waals surface area contributed by atoms with E-state index in [1.54, 1.807) is 36.3 Å². The highest BCUT2D eigenvalue weighted by Crippen LogP contribution is 2.33. The quantitative estimate of drug-likeness (QED) is 0.658. The number of nitrogens with zero attached hydrogens (tertiary/aromatic N) is 5. The summed E-state index contributed by atoms with van der Waals surface area (Å²) in [5.41, 5.74) is 8.69. The van der Waals surface area contributed by atoms with Gasteiger partial charge in [-0.15, -0.1) is 0 Å². The number of carbonyl (C=O) groups excluding carboxylic acids is 2. The van der Waals surface area contributed by atoms with Crippen LogP contribution in [0.5, 0.6) is 0 Å². The molecule has 0 spiro atoms. The zero-order chi connectivity index (χ0) is 21.3. The Morgan fingerprint density at radius 3 is 2.50 bits per heavy atom. The molecule has 2 atom stereocenters. The topological polar surface area (TPSA) is 120 Å². The van der Waals surface area contributed by atoms with Crippen molar-refractivity contribution in [1.29, 1.82) is 5.26 Å². The van der Waals surface area contributed by atoms with Gasteiger partial charge in [0.05, 0.1) is 11.9 Å². The minimum absolute atomic E-state index is 0.0235. The van der Waals surface area contributed by atoms with E-state index in [0.29, 0.717) is 29.8 Å². The molecular weight excluding hydrogens is 380 g/mol. The predicted molar refractivity (Wildman–Crippen MR) is 109 cm³/mol. The summed E-state index contributed by atoms with van der Waals surface area (Å²) in [5.74, 6) is -1.13. The van der Waals surface area contributed by atoms with Gasteiger partial charge in [0.25, 0.3) is 0 Å². The zero-order valence-corrected chi connectivity index (χ0v) is 16.7. The van der Waals surface area contributed by atoms with Gasteiger partial charge < -0.3 is 5.73 Å². The predicted octanol–water partition coefficient (Wildman–Crippen LogP) is 2.62. The number of hydrogen-bond donors (Lipinski definition) is 1. The Morgan fingerprint density at radius 2 is 1.83 bits per heavy atom. The fourth-order valence-electron chi connectivity index (χ4n) is 4.14. The smallest absolute Gasteiger partial charge is 0.221 e. The first-order chi connectivity index (χ1) is 14.5. The molecule has 4 rings (SSSR count). The van der Waals surface area contributed by atoms with Crippen molar-refractivity contribution in [2.24, 2.45) is 24.6 Å². The normalized spacial score (nSPS) is 18.7. The van der Waals surface area contributed by atoms with Crippen molar-refractivity contribution in [2.45, 2.75) is 25.7 Å². The second-order valence-electron chi connectivity index (χ2n) is 7.60. The van der Waals surface area contributed by atoms with Crippen molar-refractivity contribution in [3.8, 4) is 23.0 Å². The Morgan fingerprint density at radius 1 is 1.13 bits per heavy atom. The van der Waals surface area contributed by atoms with Crippen molar-refractivity contribution in [3.63, 3.8) is 0 Å². The van der Waals surface area contributed by atoms with Crippen LogP contribution in [0.4, 0.5) is 0 Å². The van der Waals surface area contributed by atoms with E-state index in [2.05, 4.69) is 16.3 Å². The maximum Gasteiger partial charge on any atom is 0.221 e.